The molecule has 0 aromatic heterocycles. The number of allylic oxidation sites excluding steroid dienone is 1. The van der Waals surface area contributed by atoms with Crippen molar-refractivity contribution in [3.8, 4) is 17.6 Å². The van der Waals surface area contributed by atoms with Crippen LogP contribution in [0.25, 0.3) is 0 Å². The summed E-state index contributed by atoms with van der Waals surface area (Å²) in [4.78, 5) is 11.8. The molecule has 24 heavy (non-hydrogen) atoms. The lowest BCUT2D eigenvalue weighted by atomic mass is 10.1. The number of carbonyl (C=O) groups is 1. The van der Waals surface area contributed by atoms with Gasteiger partial charge >= 0.3 is 0 Å². The molecule has 0 fully saturated rings. The lowest BCUT2D eigenvalue weighted by Gasteiger charge is -2.07. The van der Waals surface area contributed by atoms with E-state index in [2.05, 4.69) is 23.7 Å². The van der Waals surface area contributed by atoms with Crippen LogP contribution in [0.3, 0.4) is 0 Å². The lowest BCUT2D eigenvalue weighted by molar-refractivity contribution is 0.0958. The number of rotatable bonds is 6. The maximum atomic E-state index is 13.0. The summed E-state index contributed by atoms with van der Waals surface area (Å²) in [5.41, 5.74) is 1.32. The van der Waals surface area contributed by atoms with Gasteiger partial charge in [-0.3, -0.25) is 4.79 Å². The zero-order valence-corrected chi connectivity index (χ0v) is 13.2. The van der Waals surface area contributed by atoms with Crippen LogP contribution in [0.2, 0.25) is 0 Å². The average molecular weight is 323 g/mol. The van der Waals surface area contributed by atoms with E-state index in [0.29, 0.717) is 0 Å². The van der Waals surface area contributed by atoms with Crippen molar-refractivity contribution in [1.29, 1.82) is 0 Å². The molecule has 0 bridgehead atoms. The van der Waals surface area contributed by atoms with Crippen molar-refractivity contribution >= 4 is 5.91 Å². The number of nitrogens with one attached hydrogen (secondary N) is 1. The third-order valence-electron chi connectivity index (χ3n) is 3.19. The van der Waals surface area contributed by atoms with E-state index in [0.717, 1.165) is 17.7 Å². The number of para-hydroxylation sites is 1. The molecule has 0 spiro atoms. The summed E-state index contributed by atoms with van der Waals surface area (Å²) in [5, 5.41) is 2.61. The van der Waals surface area contributed by atoms with Gasteiger partial charge in [-0.15, -0.1) is 6.58 Å². The fraction of sp³-hybridized carbons (Fsp3) is 0.150. The van der Waals surface area contributed by atoms with Gasteiger partial charge in [0.25, 0.3) is 5.91 Å². The van der Waals surface area contributed by atoms with Crippen LogP contribution in [0.1, 0.15) is 15.9 Å². The van der Waals surface area contributed by atoms with E-state index in [1.165, 1.54) is 18.2 Å². The summed E-state index contributed by atoms with van der Waals surface area (Å²) >= 11 is 0. The number of benzene rings is 2. The lowest BCUT2D eigenvalue weighted by Crippen LogP contribution is -2.23. The maximum absolute atomic E-state index is 13.0. The van der Waals surface area contributed by atoms with E-state index in [-0.39, 0.29) is 24.6 Å². The highest BCUT2D eigenvalue weighted by Gasteiger charge is 2.04. The Hall–Kier alpha value is -3.06. The molecule has 0 aliphatic carbocycles. The van der Waals surface area contributed by atoms with Crippen LogP contribution in [0.15, 0.2) is 61.2 Å². The van der Waals surface area contributed by atoms with Crippen molar-refractivity contribution in [3.63, 3.8) is 0 Å². The second-order valence-corrected chi connectivity index (χ2v) is 4.94. The van der Waals surface area contributed by atoms with Gasteiger partial charge in [0.2, 0.25) is 0 Å². The topological polar surface area (TPSA) is 38.3 Å². The van der Waals surface area contributed by atoms with Gasteiger partial charge in [0.15, 0.2) is 0 Å². The molecule has 1 amide bonds. The number of hydrogen-bond acceptors (Lipinski definition) is 2. The van der Waals surface area contributed by atoms with Gasteiger partial charge in [0.1, 0.15) is 18.2 Å². The predicted molar refractivity (Wildman–Crippen MR) is 92.3 cm³/mol. The first-order valence-electron chi connectivity index (χ1n) is 7.52. The van der Waals surface area contributed by atoms with Gasteiger partial charge < -0.3 is 10.1 Å². The number of hydrogen-bond donors (Lipinski definition) is 1. The first kappa shape index (κ1) is 17.3. The van der Waals surface area contributed by atoms with Crippen molar-refractivity contribution in [2.45, 2.75) is 6.42 Å². The van der Waals surface area contributed by atoms with Crippen LogP contribution >= 0.6 is 0 Å². The number of carbonyl (C=O) groups excluding carboxylic acids is 1. The summed E-state index contributed by atoms with van der Waals surface area (Å²) < 4.78 is 18.6. The van der Waals surface area contributed by atoms with Gasteiger partial charge in [-0.25, -0.2) is 4.39 Å². The molecule has 1 N–H and O–H groups in total. The molecule has 0 aliphatic rings. The molecule has 2 aromatic carbocycles. The van der Waals surface area contributed by atoms with Crippen molar-refractivity contribution in [2.75, 3.05) is 13.2 Å². The minimum Gasteiger partial charge on any atom is -0.481 e. The first-order chi connectivity index (χ1) is 11.7. The Bertz CT molecular complexity index is 774. The standard InChI is InChI=1S/C20H18FNO2/c1-2-8-16-9-3-4-12-19(16)24-14-6-5-13-22-20(23)17-10-7-11-18(21)15-17/h2-4,7,9-12,15H,1,8,13-14H2,(H,22,23). The van der Waals surface area contributed by atoms with Crippen molar-refractivity contribution < 1.29 is 13.9 Å². The molecule has 4 heteroatoms. The van der Waals surface area contributed by atoms with E-state index < -0.39 is 5.82 Å². The zero-order chi connectivity index (χ0) is 17.2. The highest BCUT2D eigenvalue weighted by Crippen LogP contribution is 2.18. The molecule has 2 rings (SSSR count). The van der Waals surface area contributed by atoms with Gasteiger partial charge in [0, 0.05) is 5.56 Å². The van der Waals surface area contributed by atoms with E-state index in [9.17, 15) is 9.18 Å². The molecule has 122 valence electrons. The normalized spacial score (nSPS) is 9.54. The smallest absolute Gasteiger partial charge is 0.252 e. The quantitative estimate of drug-likeness (QED) is 0.654. The van der Waals surface area contributed by atoms with Crippen LogP contribution in [-0.2, 0) is 6.42 Å². The minimum atomic E-state index is -0.444. The molecule has 2 aromatic rings. The Morgan fingerprint density at radius 3 is 2.83 bits per heavy atom. The monoisotopic (exact) mass is 323 g/mol. The zero-order valence-electron chi connectivity index (χ0n) is 13.2. The number of halogens is 1. The highest BCUT2D eigenvalue weighted by molar-refractivity contribution is 5.94. The predicted octanol–water partition coefficient (Wildman–Crippen LogP) is 3.37. The number of amides is 1. The summed E-state index contributed by atoms with van der Waals surface area (Å²) in [5.74, 6) is 5.61. The molecule has 0 radical (unpaired) electrons. The summed E-state index contributed by atoms with van der Waals surface area (Å²) in [7, 11) is 0. The molecular formula is C20H18FNO2. The van der Waals surface area contributed by atoms with Gasteiger partial charge in [-0.2, -0.15) is 0 Å². The minimum absolute atomic E-state index is 0.174. The van der Waals surface area contributed by atoms with Gasteiger partial charge in [-0.05, 0) is 36.2 Å². The second-order valence-electron chi connectivity index (χ2n) is 4.94. The molecule has 0 saturated carbocycles. The Morgan fingerprint density at radius 1 is 1.21 bits per heavy atom. The third-order valence-corrected chi connectivity index (χ3v) is 3.19. The highest BCUT2D eigenvalue weighted by atomic mass is 19.1. The Balaban J connectivity index is 1.78. The van der Waals surface area contributed by atoms with E-state index >= 15 is 0 Å². The van der Waals surface area contributed by atoms with Crippen molar-refractivity contribution in [1.82, 2.24) is 5.32 Å². The molecular weight excluding hydrogens is 305 g/mol. The van der Waals surface area contributed by atoms with Crippen LogP contribution in [-0.4, -0.2) is 19.1 Å². The fourth-order valence-corrected chi connectivity index (χ4v) is 2.05. The van der Waals surface area contributed by atoms with Crippen LogP contribution in [0.4, 0.5) is 4.39 Å². The van der Waals surface area contributed by atoms with E-state index in [4.69, 9.17) is 4.74 Å². The van der Waals surface area contributed by atoms with Crippen LogP contribution in [0, 0.1) is 17.7 Å². The molecule has 0 heterocycles. The van der Waals surface area contributed by atoms with Gasteiger partial charge in [-0.1, -0.05) is 42.2 Å². The second kappa shape index (κ2) is 9.16. The molecule has 0 saturated heterocycles. The first-order valence-corrected chi connectivity index (χ1v) is 7.52. The SMILES string of the molecule is C=CCc1ccccc1OCC#CCNC(=O)c1cccc(F)c1. The van der Waals surface area contributed by atoms with Crippen LogP contribution in [0.5, 0.6) is 5.75 Å². The van der Waals surface area contributed by atoms with E-state index in [1.807, 2.05) is 30.3 Å². The Kier molecular flexibility index (Phi) is 6.60. The molecule has 0 atom stereocenters. The Morgan fingerprint density at radius 2 is 2.04 bits per heavy atom. The summed E-state index contributed by atoms with van der Waals surface area (Å²) in [6, 6.07) is 13.2. The van der Waals surface area contributed by atoms with Crippen LogP contribution < -0.4 is 10.1 Å². The summed E-state index contributed by atoms with van der Waals surface area (Å²) in [6.07, 6.45) is 2.54. The largest absolute Gasteiger partial charge is 0.481 e. The maximum Gasteiger partial charge on any atom is 0.252 e. The molecule has 0 aliphatic heterocycles. The average Bonchev–Trinajstić information content (AvgIpc) is 2.59. The summed E-state index contributed by atoms with van der Waals surface area (Å²) in [6.45, 7) is 4.12. The Labute approximate surface area is 141 Å². The van der Waals surface area contributed by atoms with Crippen molar-refractivity contribution in [2.24, 2.45) is 0 Å². The molecule has 3 nitrogen and oxygen atoms in total. The van der Waals surface area contributed by atoms with Gasteiger partial charge in [0.05, 0.1) is 6.54 Å². The van der Waals surface area contributed by atoms with E-state index in [1.54, 1.807) is 6.07 Å². The fourth-order valence-electron chi connectivity index (χ4n) is 2.05. The number of ether oxygens (including phenoxy) is 1. The third kappa shape index (κ3) is 5.29. The molecule has 0 unspecified atom stereocenters. The van der Waals surface area contributed by atoms with Crippen molar-refractivity contribution in [3.05, 3.63) is 78.1 Å².